The van der Waals surface area contributed by atoms with E-state index in [9.17, 15) is 9.59 Å². The van der Waals surface area contributed by atoms with Gasteiger partial charge in [0.15, 0.2) is 0 Å². The van der Waals surface area contributed by atoms with E-state index in [-0.39, 0.29) is 54.5 Å². The maximum Gasteiger partial charge on any atom is 0.233 e. The van der Waals surface area contributed by atoms with Crippen molar-refractivity contribution in [2.75, 3.05) is 39.3 Å². The smallest absolute Gasteiger partial charge is 0.233 e. The molecule has 2 saturated heterocycles. The molecular formula is C32H39Cl2N3O2. The monoisotopic (exact) mass is 567 g/mol. The number of halogens is 2. The van der Waals surface area contributed by atoms with E-state index in [4.69, 9.17) is 0 Å². The third-order valence-corrected chi connectivity index (χ3v) is 9.86. The molecule has 208 valence electrons. The lowest BCUT2D eigenvalue weighted by atomic mass is 9.63. The van der Waals surface area contributed by atoms with Crippen LogP contribution in [0.2, 0.25) is 0 Å². The maximum atomic E-state index is 13.2. The zero-order valence-electron chi connectivity index (χ0n) is 22.3. The van der Waals surface area contributed by atoms with E-state index < -0.39 is 0 Å². The summed E-state index contributed by atoms with van der Waals surface area (Å²) in [5, 5.41) is 0. The molecule has 2 aromatic carbocycles. The number of unbranched alkanes of at least 4 members (excludes halogenated alkanes) is 1. The van der Waals surface area contributed by atoms with E-state index in [1.807, 2.05) is 0 Å². The Labute approximate surface area is 244 Å². The van der Waals surface area contributed by atoms with Gasteiger partial charge in [-0.25, -0.2) is 0 Å². The van der Waals surface area contributed by atoms with Crippen molar-refractivity contribution in [2.45, 2.75) is 25.3 Å². The molecule has 6 atom stereocenters. The highest BCUT2D eigenvalue weighted by molar-refractivity contribution is 6.06. The molecule has 5 nitrogen and oxygen atoms in total. The topological polar surface area (TPSA) is 43.9 Å². The van der Waals surface area contributed by atoms with Crippen molar-refractivity contribution in [3.8, 4) is 0 Å². The summed E-state index contributed by atoms with van der Waals surface area (Å²) >= 11 is 0. The summed E-state index contributed by atoms with van der Waals surface area (Å²) in [5.41, 5.74) is 2.70. The zero-order valence-corrected chi connectivity index (χ0v) is 23.9. The van der Waals surface area contributed by atoms with E-state index in [0.717, 1.165) is 45.6 Å². The van der Waals surface area contributed by atoms with Crippen LogP contribution in [0.4, 0.5) is 0 Å². The molecule has 7 heteroatoms. The average Bonchev–Trinajstić information content (AvgIpc) is 3.73. The first-order valence-electron chi connectivity index (χ1n) is 14.3. The number of hydrogen-bond acceptors (Lipinski definition) is 4. The molecule has 2 bridgehead atoms. The number of amides is 2. The molecule has 0 N–H and O–H groups in total. The number of hydrogen-bond donors (Lipinski definition) is 0. The summed E-state index contributed by atoms with van der Waals surface area (Å²) in [6.07, 6.45) is 7.68. The number of piperazine rings is 1. The number of nitrogens with zero attached hydrogens (tertiary/aromatic N) is 3. The van der Waals surface area contributed by atoms with Gasteiger partial charge in [0.25, 0.3) is 0 Å². The first-order valence-corrected chi connectivity index (χ1v) is 14.3. The molecule has 0 radical (unpaired) electrons. The number of likely N-dealkylation sites (tertiary alicyclic amines) is 1. The Hall–Kier alpha value is -2.18. The Bertz CT molecular complexity index is 1110. The highest BCUT2D eigenvalue weighted by atomic mass is 35.5. The quantitative estimate of drug-likeness (QED) is 0.254. The molecule has 39 heavy (non-hydrogen) atoms. The minimum absolute atomic E-state index is 0. The van der Waals surface area contributed by atoms with Gasteiger partial charge in [0, 0.05) is 32.7 Å². The zero-order chi connectivity index (χ0) is 24.9. The molecule has 0 spiro atoms. The first-order chi connectivity index (χ1) is 18.2. The molecule has 2 aliphatic heterocycles. The minimum atomic E-state index is -0.0542. The van der Waals surface area contributed by atoms with Crippen LogP contribution in [-0.2, 0) is 9.59 Å². The highest BCUT2D eigenvalue weighted by Gasteiger charge is 2.66. The lowest BCUT2D eigenvalue weighted by molar-refractivity contribution is -0.140. The van der Waals surface area contributed by atoms with Crippen LogP contribution >= 0.6 is 24.8 Å². The highest BCUT2D eigenvalue weighted by Crippen LogP contribution is 2.65. The summed E-state index contributed by atoms with van der Waals surface area (Å²) in [4.78, 5) is 33.2. The predicted molar refractivity (Wildman–Crippen MR) is 158 cm³/mol. The first kappa shape index (κ1) is 28.4. The second-order valence-corrected chi connectivity index (χ2v) is 11.8. The van der Waals surface area contributed by atoms with Crippen LogP contribution in [0.3, 0.4) is 0 Å². The Morgan fingerprint density at radius 3 is 1.67 bits per heavy atom. The third kappa shape index (κ3) is 5.08. The fourth-order valence-electron chi connectivity index (χ4n) is 7.97. The maximum absolute atomic E-state index is 13.2. The summed E-state index contributed by atoms with van der Waals surface area (Å²) in [6.45, 7) is 5.83. The third-order valence-electron chi connectivity index (χ3n) is 9.86. The standard InChI is InChI=1S/C32H37N3O2.2ClH/c36-31-28-24-13-14-25(27-21-26(24)27)29(28)32(37)35(31)16-8-7-15-33-17-19-34(20-18-33)30(22-9-3-1-4-10-22)23-11-5-2-6-12-23;;/h1-6,9-14,24-30H,7-8,15-21H2;2*1H. The predicted octanol–water partition coefficient (Wildman–Crippen LogP) is 5.07. The Kier molecular flexibility index (Phi) is 8.54. The fourth-order valence-corrected chi connectivity index (χ4v) is 7.97. The molecule has 0 aromatic heterocycles. The van der Waals surface area contributed by atoms with Crippen molar-refractivity contribution in [3.05, 3.63) is 83.9 Å². The van der Waals surface area contributed by atoms with Crippen LogP contribution < -0.4 is 0 Å². The molecule has 6 aliphatic rings. The Morgan fingerprint density at radius 1 is 0.667 bits per heavy atom. The molecule has 2 heterocycles. The number of rotatable bonds is 8. The van der Waals surface area contributed by atoms with Gasteiger partial charge in [0.05, 0.1) is 17.9 Å². The van der Waals surface area contributed by atoms with Crippen LogP contribution in [0.15, 0.2) is 72.8 Å². The minimum Gasteiger partial charge on any atom is -0.301 e. The second kappa shape index (κ2) is 11.7. The van der Waals surface area contributed by atoms with E-state index in [1.54, 1.807) is 4.90 Å². The number of allylic oxidation sites excluding steroid dienone is 2. The number of benzene rings is 2. The lowest BCUT2D eigenvalue weighted by Gasteiger charge is -2.40. The van der Waals surface area contributed by atoms with Crippen molar-refractivity contribution < 1.29 is 9.59 Å². The van der Waals surface area contributed by atoms with E-state index in [0.29, 0.717) is 30.2 Å². The van der Waals surface area contributed by atoms with Gasteiger partial charge in [0.2, 0.25) is 11.8 Å². The van der Waals surface area contributed by atoms with Crippen molar-refractivity contribution in [3.63, 3.8) is 0 Å². The van der Waals surface area contributed by atoms with Gasteiger partial charge in [-0.05, 0) is 60.6 Å². The van der Waals surface area contributed by atoms with Gasteiger partial charge in [-0.15, -0.1) is 24.8 Å². The summed E-state index contributed by atoms with van der Waals surface area (Å²) in [7, 11) is 0. The van der Waals surface area contributed by atoms with Gasteiger partial charge >= 0.3 is 0 Å². The van der Waals surface area contributed by atoms with Crippen molar-refractivity contribution in [1.82, 2.24) is 14.7 Å². The van der Waals surface area contributed by atoms with Crippen LogP contribution in [0.5, 0.6) is 0 Å². The van der Waals surface area contributed by atoms with E-state index in [2.05, 4.69) is 82.6 Å². The van der Waals surface area contributed by atoms with Gasteiger partial charge in [-0.1, -0.05) is 72.8 Å². The average molecular weight is 569 g/mol. The molecule has 2 saturated carbocycles. The fraction of sp³-hybridized carbons (Fsp3) is 0.500. The largest absolute Gasteiger partial charge is 0.301 e. The van der Waals surface area contributed by atoms with Crippen LogP contribution in [0.1, 0.15) is 36.4 Å². The molecule has 6 unspecified atom stereocenters. The van der Waals surface area contributed by atoms with Crippen LogP contribution in [-0.4, -0.2) is 65.8 Å². The van der Waals surface area contributed by atoms with Gasteiger partial charge in [0.1, 0.15) is 0 Å². The van der Waals surface area contributed by atoms with Crippen LogP contribution in [0, 0.1) is 35.5 Å². The number of carbonyl (C=O) groups excluding carboxylic acids is 2. The second-order valence-electron chi connectivity index (χ2n) is 11.8. The number of carbonyl (C=O) groups is 2. The normalized spacial score (nSPS) is 31.1. The van der Waals surface area contributed by atoms with Crippen molar-refractivity contribution in [2.24, 2.45) is 35.5 Å². The molecule has 2 aromatic rings. The Morgan fingerprint density at radius 2 is 1.15 bits per heavy atom. The lowest BCUT2D eigenvalue weighted by Crippen LogP contribution is -2.48. The Balaban J connectivity index is 0.00000154. The van der Waals surface area contributed by atoms with Gasteiger partial charge in [-0.3, -0.25) is 19.4 Å². The molecule has 2 amide bonds. The van der Waals surface area contributed by atoms with E-state index in [1.165, 1.54) is 17.5 Å². The summed E-state index contributed by atoms with van der Waals surface area (Å²) in [5.74, 6) is 2.15. The summed E-state index contributed by atoms with van der Waals surface area (Å²) in [6, 6.07) is 22.0. The SMILES string of the molecule is Cl.Cl.O=C1C2C3C=CC(C4CC34)C2C(=O)N1CCCCN1CCN(C(c2ccccc2)c2ccccc2)CC1. The number of imide groups is 1. The van der Waals surface area contributed by atoms with Crippen molar-refractivity contribution >= 4 is 36.6 Å². The van der Waals surface area contributed by atoms with Crippen LogP contribution in [0.25, 0.3) is 0 Å². The summed E-state index contributed by atoms with van der Waals surface area (Å²) < 4.78 is 0. The molecule has 8 rings (SSSR count). The van der Waals surface area contributed by atoms with Crippen molar-refractivity contribution in [1.29, 1.82) is 0 Å². The molecular weight excluding hydrogens is 529 g/mol. The van der Waals surface area contributed by atoms with Gasteiger partial charge < -0.3 is 4.90 Å². The molecule has 4 fully saturated rings. The molecule has 4 aliphatic carbocycles. The van der Waals surface area contributed by atoms with Gasteiger partial charge in [-0.2, -0.15) is 0 Å². The van der Waals surface area contributed by atoms with E-state index >= 15 is 0 Å².